The van der Waals surface area contributed by atoms with Crippen molar-refractivity contribution in [2.24, 2.45) is 7.05 Å². The van der Waals surface area contributed by atoms with Gasteiger partial charge in [0.2, 0.25) is 10.0 Å². The molecule has 0 bridgehead atoms. The lowest BCUT2D eigenvalue weighted by Crippen LogP contribution is -2.58. The summed E-state index contributed by atoms with van der Waals surface area (Å²) in [7, 11) is 0.0904. The Balaban J connectivity index is 2.34. The Morgan fingerprint density at radius 2 is 1.95 bits per heavy atom. The summed E-state index contributed by atoms with van der Waals surface area (Å²) in [6.07, 6.45) is 1.45. The number of likely N-dealkylation sites (N-methyl/N-ethyl adjacent to an activating group) is 1. The van der Waals surface area contributed by atoms with Crippen LogP contribution in [0.15, 0.2) is 11.1 Å². The Bertz CT molecular complexity index is 578. The van der Waals surface area contributed by atoms with Gasteiger partial charge >= 0.3 is 0 Å². The van der Waals surface area contributed by atoms with E-state index in [1.165, 1.54) is 15.2 Å². The summed E-state index contributed by atoms with van der Waals surface area (Å²) < 4.78 is 28.1. The van der Waals surface area contributed by atoms with Crippen LogP contribution in [-0.4, -0.2) is 59.6 Å². The molecule has 7 nitrogen and oxygen atoms in total. The van der Waals surface area contributed by atoms with Crippen LogP contribution in [0.3, 0.4) is 0 Å². The average molecular weight is 287 g/mol. The molecular weight excluding hydrogens is 266 g/mol. The van der Waals surface area contributed by atoms with Gasteiger partial charge in [-0.2, -0.15) is 9.40 Å². The molecule has 8 heteroatoms. The summed E-state index contributed by atoms with van der Waals surface area (Å²) in [6, 6.07) is 0. The number of rotatable bonds is 2. The Morgan fingerprint density at radius 3 is 2.42 bits per heavy atom. The minimum atomic E-state index is -3.57. The fraction of sp³-hybridized carbons (Fsp3) is 0.727. The van der Waals surface area contributed by atoms with Crippen molar-refractivity contribution < 1.29 is 8.42 Å². The Labute approximate surface area is 114 Å². The molecule has 1 fully saturated rings. The van der Waals surface area contributed by atoms with Gasteiger partial charge in [-0.25, -0.2) is 8.42 Å². The molecule has 0 aromatic carbocycles. The Morgan fingerprint density at radius 1 is 1.32 bits per heavy atom. The molecule has 1 aromatic rings. The maximum Gasteiger partial charge on any atom is 0.248 e. The minimum Gasteiger partial charge on any atom is -0.381 e. The lowest BCUT2D eigenvalue weighted by Gasteiger charge is -2.44. The summed E-state index contributed by atoms with van der Waals surface area (Å²) in [5.41, 5.74) is 5.49. The van der Waals surface area contributed by atoms with Gasteiger partial charge in [-0.3, -0.25) is 9.58 Å². The molecule has 108 valence electrons. The van der Waals surface area contributed by atoms with Gasteiger partial charge in [0.1, 0.15) is 4.90 Å². The molecule has 0 aliphatic carbocycles. The number of sulfonamides is 1. The van der Waals surface area contributed by atoms with Crippen LogP contribution in [0, 0.1) is 0 Å². The molecule has 0 unspecified atom stereocenters. The molecule has 0 radical (unpaired) electrons. The molecule has 19 heavy (non-hydrogen) atoms. The molecule has 2 N–H and O–H groups in total. The lowest BCUT2D eigenvalue weighted by atomic mass is 10.0. The number of aryl methyl sites for hydroxylation is 1. The first-order chi connectivity index (χ1) is 8.64. The summed E-state index contributed by atoms with van der Waals surface area (Å²) >= 11 is 0. The predicted molar refractivity (Wildman–Crippen MR) is 73.1 cm³/mol. The molecule has 1 aliphatic rings. The first-order valence-corrected chi connectivity index (χ1v) is 7.59. The van der Waals surface area contributed by atoms with Crippen LogP contribution in [0.5, 0.6) is 0 Å². The number of hydrogen-bond donors (Lipinski definition) is 1. The highest BCUT2D eigenvalue weighted by atomic mass is 32.2. The fourth-order valence-electron chi connectivity index (χ4n) is 2.22. The zero-order chi connectivity index (χ0) is 14.4. The van der Waals surface area contributed by atoms with Crippen molar-refractivity contribution in [3.63, 3.8) is 0 Å². The van der Waals surface area contributed by atoms with Gasteiger partial charge < -0.3 is 5.73 Å². The molecule has 1 aliphatic heterocycles. The van der Waals surface area contributed by atoms with E-state index in [1.54, 1.807) is 7.05 Å². The lowest BCUT2D eigenvalue weighted by molar-refractivity contribution is 0.0802. The second-order valence-corrected chi connectivity index (χ2v) is 7.53. The number of nitrogen functional groups attached to an aromatic ring is 1. The molecule has 2 rings (SSSR count). The van der Waals surface area contributed by atoms with E-state index >= 15 is 0 Å². The smallest absolute Gasteiger partial charge is 0.248 e. The molecular formula is C11H21N5O2S. The molecule has 1 saturated heterocycles. The van der Waals surface area contributed by atoms with Crippen molar-refractivity contribution in [2.45, 2.75) is 24.3 Å². The van der Waals surface area contributed by atoms with E-state index < -0.39 is 10.0 Å². The maximum absolute atomic E-state index is 12.6. The summed E-state index contributed by atoms with van der Waals surface area (Å²) in [5, 5.41) is 3.90. The maximum atomic E-state index is 12.6. The third-order valence-corrected chi connectivity index (χ3v) is 5.58. The van der Waals surface area contributed by atoms with Crippen molar-refractivity contribution in [3.05, 3.63) is 6.20 Å². The third kappa shape index (κ3) is 2.47. The quantitative estimate of drug-likeness (QED) is 0.808. The fourth-order valence-corrected chi connectivity index (χ4v) is 3.90. The Kier molecular flexibility index (Phi) is 3.36. The van der Waals surface area contributed by atoms with Crippen LogP contribution in [0.25, 0.3) is 0 Å². The number of nitrogens with zero attached hydrogens (tertiary/aromatic N) is 4. The Hall–Kier alpha value is -1.12. The number of hydrogen-bond acceptors (Lipinski definition) is 5. The number of nitrogens with two attached hydrogens (primary N) is 1. The van der Waals surface area contributed by atoms with Gasteiger partial charge in [0.15, 0.2) is 5.82 Å². The second-order valence-electron chi connectivity index (χ2n) is 5.62. The summed E-state index contributed by atoms with van der Waals surface area (Å²) in [6.45, 7) is 5.67. The minimum absolute atomic E-state index is 0.0548. The third-order valence-electron chi connectivity index (χ3n) is 3.72. The molecule has 0 saturated carbocycles. The molecule has 2 heterocycles. The van der Waals surface area contributed by atoms with Crippen LogP contribution in [0.4, 0.5) is 5.82 Å². The van der Waals surface area contributed by atoms with Gasteiger partial charge in [-0.15, -0.1) is 0 Å². The van der Waals surface area contributed by atoms with E-state index in [4.69, 9.17) is 5.73 Å². The zero-order valence-electron chi connectivity index (χ0n) is 11.8. The van der Waals surface area contributed by atoms with Crippen LogP contribution in [-0.2, 0) is 17.1 Å². The van der Waals surface area contributed by atoms with E-state index in [0.29, 0.717) is 19.6 Å². The van der Waals surface area contributed by atoms with Gasteiger partial charge in [0.25, 0.3) is 0 Å². The molecule has 1 aromatic heterocycles. The van der Waals surface area contributed by atoms with E-state index in [-0.39, 0.29) is 16.3 Å². The first-order valence-electron chi connectivity index (χ1n) is 6.15. The largest absolute Gasteiger partial charge is 0.381 e. The standard InChI is InChI=1S/C11H21N5O2S/c1-11(2)8-16(6-5-14(11)3)19(17,18)9-7-15(4)13-10(9)12/h7H,5-6,8H2,1-4H3,(H2,12,13). The molecule has 0 spiro atoms. The van der Waals surface area contributed by atoms with Crippen molar-refractivity contribution >= 4 is 15.8 Å². The van der Waals surface area contributed by atoms with Gasteiger partial charge in [0, 0.05) is 38.4 Å². The van der Waals surface area contributed by atoms with E-state index in [2.05, 4.69) is 10.00 Å². The topological polar surface area (TPSA) is 84.5 Å². The SMILES string of the molecule is CN1CCN(S(=O)(=O)c2cn(C)nc2N)CC1(C)C. The van der Waals surface area contributed by atoms with E-state index in [9.17, 15) is 8.42 Å². The molecule has 0 amide bonds. The van der Waals surface area contributed by atoms with Gasteiger partial charge in [-0.1, -0.05) is 0 Å². The highest BCUT2D eigenvalue weighted by molar-refractivity contribution is 7.89. The van der Waals surface area contributed by atoms with E-state index in [0.717, 1.165) is 0 Å². The van der Waals surface area contributed by atoms with E-state index in [1.807, 2.05) is 20.9 Å². The summed E-state index contributed by atoms with van der Waals surface area (Å²) in [4.78, 5) is 2.25. The predicted octanol–water partition coefficient (Wildman–Crippen LogP) is -0.283. The van der Waals surface area contributed by atoms with Crippen LogP contribution in [0.1, 0.15) is 13.8 Å². The van der Waals surface area contributed by atoms with Gasteiger partial charge in [0.05, 0.1) is 0 Å². The van der Waals surface area contributed by atoms with Crippen LogP contribution >= 0.6 is 0 Å². The second kappa shape index (κ2) is 4.46. The van der Waals surface area contributed by atoms with Crippen LogP contribution in [0.2, 0.25) is 0 Å². The van der Waals surface area contributed by atoms with Crippen LogP contribution < -0.4 is 5.73 Å². The van der Waals surface area contributed by atoms with Crippen molar-refractivity contribution in [3.8, 4) is 0 Å². The highest BCUT2D eigenvalue weighted by Gasteiger charge is 2.38. The number of aromatic nitrogens is 2. The van der Waals surface area contributed by atoms with Crippen molar-refractivity contribution in [1.29, 1.82) is 0 Å². The van der Waals surface area contributed by atoms with Gasteiger partial charge in [-0.05, 0) is 20.9 Å². The number of anilines is 1. The van der Waals surface area contributed by atoms with Crippen molar-refractivity contribution in [2.75, 3.05) is 32.4 Å². The zero-order valence-corrected chi connectivity index (χ0v) is 12.6. The van der Waals surface area contributed by atoms with Crippen molar-refractivity contribution in [1.82, 2.24) is 19.0 Å². The average Bonchev–Trinajstić information content (AvgIpc) is 2.62. The highest BCUT2D eigenvalue weighted by Crippen LogP contribution is 2.26. The number of piperazine rings is 1. The monoisotopic (exact) mass is 287 g/mol. The summed E-state index contributed by atoms with van der Waals surface area (Å²) in [5.74, 6) is 0.0548. The first kappa shape index (κ1) is 14.3. The normalized spacial score (nSPS) is 21.7. The molecule has 0 atom stereocenters.